The predicted octanol–water partition coefficient (Wildman–Crippen LogP) is 2.84. The van der Waals surface area contributed by atoms with Crippen LogP contribution in [0.5, 0.6) is 11.5 Å². The first-order valence-corrected chi connectivity index (χ1v) is 8.09. The Morgan fingerprint density at radius 2 is 1.89 bits per heavy atom. The number of carbonyl (C=O) groups is 1. The van der Waals surface area contributed by atoms with Gasteiger partial charge in [-0.05, 0) is 24.3 Å². The van der Waals surface area contributed by atoms with Gasteiger partial charge in [0.2, 0.25) is 5.75 Å². The van der Waals surface area contributed by atoms with Gasteiger partial charge in [-0.3, -0.25) is 9.59 Å². The Bertz CT molecular complexity index is 1160. The Labute approximate surface area is 152 Å². The Kier molecular flexibility index (Phi) is 3.88. The molecule has 2 aromatic carbocycles. The molecule has 27 heavy (non-hydrogen) atoms. The molecular weight excluding hydrogens is 352 g/mol. The zero-order chi connectivity index (χ0) is 19.1. The largest absolute Gasteiger partial charge is 0.493 e. The first-order valence-electron chi connectivity index (χ1n) is 8.09. The van der Waals surface area contributed by atoms with Gasteiger partial charge in [-0.25, -0.2) is 0 Å². The molecule has 0 fully saturated rings. The van der Waals surface area contributed by atoms with Crippen LogP contribution in [0, 0.1) is 4.91 Å². The molecule has 3 aromatic rings. The Balaban J connectivity index is 1.92. The van der Waals surface area contributed by atoms with E-state index in [-0.39, 0.29) is 29.2 Å². The number of nitrogens with zero attached hydrogens (tertiary/aromatic N) is 1. The van der Waals surface area contributed by atoms with Crippen molar-refractivity contribution in [1.29, 1.82) is 0 Å². The molecule has 0 bridgehead atoms. The SMILES string of the molecule is COc1ccc2c(=O)cc(-c3ccc4c(c3)[N+](=O)CC(=O)N4)oc2c1OC. The van der Waals surface area contributed by atoms with Crippen molar-refractivity contribution in [1.82, 2.24) is 0 Å². The number of nitroso groups, excluding NO2 is 1. The lowest BCUT2D eigenvalue weighted by Crippen LogP contribution is -2.27. The summed E-state index contributed by atoms with van der Waals surface area (Å²) in [6.45, 7) is -0.289. The van der Waals surface area contributed by atoms with Crippen LogP contribution in [0.4, 0.5) is 11.4 Å². The second kappa shape index (κ2) is 6.24. The third-order valence-corrected chi connectivity index (χ3v) is 4.35. The van der Waals surface area contributed by atoms with Crippen molar-refractivity contribution >= 4 is 28.3 Å². The molecule has 1 aliphatic rings. The predicted molar refractivity (Wildman–Crippen MR) is 97.8 cm³/mol. The molecule has 0 radical (unpaired) electrons. The maximum atomic E-state index is 12.6. The van der Waals surface area contributed by atoms with Crippen LogP contribution in [-0.4, -0.2) is 31.4 Å². The summed E-state index contributed by atoms with van der Waals surface area (Å²) >= 11 is 0. The lowest BCUT2D eigenvalue weighted by molar-refractivity contribution is -0.451. The van der Waals surface area contributed by atoms with E-state index in [2.05, 4.69) is 5.32 Å². The monoisotopic (exact) mass is 367 g/mol. The third-order valence-electron chi connectivity index (χ3n) is 4.35. The van der Waals surface area contributed by atoms with Gasteiger partial charge in [-0.2, -0.15) is 0 Å². The van der Waals surface area contributed by atoms with Crippen molar-refractivity contribution in [2.75, 3.05) is 26.1 Å². The van der Waals surface area contributed by atoms with Gasteiger partial charge in [0, 0.05) is 27.4 Å². The molecule has 0 aliphatic carbocycles. The Morgan fingerprint density at radius 3 is 2.63 bits per heavy atom. The first kappa shape index (κ1) is 16.8. The molecule has 4 rings (SSSR count). The topological polar surface area (TPSA) is 97.9 Å². The van der Waals surface area contributed by atoms with Crippen LogP contribution >= 0.6 is 0 Å². The molecule has 1 aliphatic heterocycles. The number of methoxy groups -OCH3 is 2. The molecule has 1 aromatic heterocycles. The van der Waals surface area contributed by atoms with Crippen molar-refractivity contribution in [3.8, 4) is 22.8 Å². The van der Waals surface area contributed by atoms with Crippen molar-refractivity contribution in [2.45, 2.75) is 0 Å². The van der Waals surface area contributed by atoms with Crippen molar-refractivity contribution < 1.29 is 23.4 Å². The number of ether oxygens (including phenoxy) is 2. The average Bonchev–Trinajstić information content (AvgIpc) is 2.66. The van der Waals surface area contributed by atoms with E-state index in [1.807, 2.05) is 0 Å². The number of benzene rings is 2. The number of anilines is 1. The van der Waals surface area contributed by atoms with Gasteiger partial charge in [0.05, 0.1) is 19.6 Å². The maximum Gasteiger partial charge on any atom is 0.295 e. The van der Waals surface area contributed by atoms with Crippen LogP contribution < -0.4 is 20.2 Å². The van der Waals surface area contributed by atoms with E-state index in [1.54, 1.807) is 30.3 Å². The molecule has 1 amide bonds. The van der Waals surface area contributed by atoms with E-state index in [4.69, 9.17) is 13.9 Å². The molecule has 136 valence electrons. The van der Waals surface area contributed by atoms with Crippen LogP contribution in [0.25, 0.3) is 22.3 Å². The molecule has 8 heteroatoms. The van der Waals surface area contributed by atoms with Crippen LogP contribution in [-0.2, 0) is 4.79 Å². The normalized spacial score (nSPS) is 13.3. The summed E-state index contributed by atoms with van der Waals surface area (Å²) in [6.07, 6.45) is 0. The van der Waals surface area contributed by atoms with Gasteiger partial charge in [0.25, 0.3) is 18.1 Å². The van der Waals surface area contributed by atoms with Gasteiger partial charge < -0.3 is 19.2 Å². The van der Waals surface area contributed by atoms with E-state index >= 15 is 0 Å². The average molecular weight is 367 g/mol. The van der Waals surface area contributed by atoms with Crippen LogP contribution in [0.15, 0.2) is 45.6 Å². The highest BCUT2D eigenvalue weighted by molar-refractivity contribution is 5.96. The minimum atomic E-state index is -0.376. The number of fused-ring (bicyclic) bond motifs is 2. The smallest absolute Gasteiger partial charge is 0.295 e. The van der Waals surface area contributed by atoms with Gasteiger partial charge in [0.15, 0.2) is 16.8 Å². The molecule has 0 atom stereocenters. The highest BCUT2D eigenvalue weighted by atomic mass is 16.5. The Morgan fingerprint density at radius 1 is 1.07 bits per heavy atom. The summed E-state index contributed by atoms with van der Waals surface area (Å²) in [6, 6.07) is 9.42. The zero-order valence-electron chi connectivity index (χ0n) is 14.6. The van der Waals surface area contributed by atoms with Crippen LogP contribution in [0.1, 0.15) is 0 Å². The molecular formula is C19H15N2O6+. The summed E-state index contributed by atoms with van der Waals surface area (Å²) in [7, 11) is 2.95. The van der Waals surface area contributed by atoms with E-state index in [9.17, 15) is 14.5 Å². The summed E-state index contributed by atoms with van der Waals surface area (Å²) in [5.41, 5.74) is 1.23. The number of carbonyl (C=O) groups excluding carboxylic acids is 1. The molecule has 0 saturated heterocycles. The fourth-order valence-corrected chi connectivity index (χ4v) is 3.07. The number of nitrogens with one attached hydrogen (secondary N) is 1. The van der Waals surface area contributed by atoms with Gasteiger partial charge >= 0.3 is 0 Å². The lowest BCUT2D eigenvalue weighted by Gasteiger charge is -2.12. The third kappa shape index (κ3) is 2.71. The second-order valence-electron chi connectivity index (χ2n) is 5.97. The van der Waals surface area contributed by atoms with Gasteiger partial charge in [0.1, 0.15) is 11.4 Å². The zero-order valence-corrected chi connectivity index (χ0v) is 14.6. The highest BCUT2D eigenvalue weighted by Gasteiger charge is 2.30. The van der Waals surface area contributed by atoms with E-state index < -0.39 is 0 Å². The second-order valence-corrected chi connectivity index (χ2v) is 5.97. The first-order chi connectivity index (χ1) is 13.0. The maximum absolute atomic E-state index is 12.6. The van der Waals surface area contributed by atoms with Crippen molar-refractivity contribution in [2.24, 2.45) is 0 Å². The number of hydrogen-bond donors (Lipinski definition) is 1. The summed E-state index contributed by atoms with van der Waals surface area (Å²) in [5, 5.41) is 2.99. The Hall–Kier alpha value is -3.68. The molecule has 2 heterocycles. The van der Waals surface area contributed by atoms with Crippen LogP contribution in [0.3, 0.4) is 0 Å². The number of rotatable bonds is 3. The molecule has 0 spiro atoms. The van der Waals surface area contributed by atoms with Gasteiger partial charge in [-0.15, -0.1) is 0 Å². The standard InChI is InChI=1S/C19H14N2O6/c1-25-15-6-4-11-14(22)8-16(27-18(11)19(15)26-2)10-3-5-12-13(7-10)21(24)9-17(23)20-12/h3-8H,9H2,1-2H3/p+1. The summed E-state index contributed by atoms with van der Waals surface area (Å²) in [4.78, 5) is 36.1. The fourth-order valence-electron chi connectivity index (χ4n) is 3.07. The van der Waals surface area contributed by atoms with Crippen molar-refractivity contribution in [3.05, 3.63) is 51.5 Å². The minimum Gasteiger partial charge on any atom is -0.493 e. The molecule has 8 nitrogen and oxygen atoms in total. The van der Waals surface area contributed by atoms with E-state index in [0.717, 1.165) is 0 Å². The van der Waals surface area contributed by atoms with Crippen molar-refractivity contribution in [3.63, 3.8) is 0 Å². The summed E-state index contributed by atoms with van der Waals surface area (Å²) in [5.74, 6) is 0.639. The minimum absolute atomic E-state index is 0.253. The molecule has 0 unspecified atom stereocenters. The summed E-state index contributed by atoms with van der Waals surface area (Å²) < 4.78 is 17.1. The number of amides is 1. The molecule has 1 N–H and O–H groups in total. The lowest BCUT2D eigenvalue weighted by atomic mass is 10.1. The van der Waals surface area contributed by atoms with E-state index in [1.165, 1.54) is 20.3 Å². The highest BCUT2D eigenvalue weighted by Crippen LogP contribution is 2.37. The fraction of sp³-hybridized carbons (Fsp3) is 0.158. The van der Waals surface area contributed by atoms with E-state index in [0.29, 0.717) is 38.6 Å². The quantitative estimate of drug-likeness (QED) is 0.715. The number of hydrogen-bond acceptors (Lipinski definition) is 6. The molecule has 0 saturated carbocycles. The van der Waals surface area contributed by atoms with Gasteiger partial charge in [-0.1, -0.05) is 0 Å². The van der Waals surface area contributed by atoms with Crippen LogP contribution in [0.2, 0.25) is 0 Å².